The van der Waals surface area contributed by atoms with Gasteiger partial charge in [0.05, 0.1) is 18.4 Å². The molecule has 2 rings (SSSR count). The van der Waals surface area contributed by atoms with Gasteiger partial charge in [0, 0.05) is 13.6 Å². The van der Waals surface area contributed by atoms with Gasteiger partial charge in [-0.05, 0) is 18.6 Å². The van der Waals surface area contributed by atoms with Crippen molar-refractivity contribution in [2.75, 3.05) is 32.3 Å². The molecule has 7 nitrogen and oxygen atoms in total. The number of carbonyl (C=O) groups excluding carboxylic acids is 1. The number of para-hydroxylation sites is 1. The number of benzene rings is 1. The van der Waals surface area contributed by atoms with Gasteiger partial charge in [0.2, 0.25) is 11.1 Å². The molecule has 0 fully saturated rings. The van der Waals surface area contributed by atoms with E-state index >= 15 is 0 Å². The van der Waals surface area contributed by atoms with Crippen molar-refractivity contribution in [2.45, 2.75) is 24.9 Å². The van der Waals surface area contributed by atoms with Crippen molar-refractivity contribution in [2.24, 2.45) is 0 Å². The molecule has 2 aromatic rings. The van der Waals surface area contributed by atoms with Crippen molar-refractivity contribution < 1.29 is 9.53 Å². The Balaban J connectivity index is 2.06. The molecule has 0 atom stereocenters. The molecule has 1 aromatic heterocycles. The van der Waals surface area contributed by atoms with Gasteiger partial charge in [0.25, 0.3) is 0 Å². The Bertz CT molecular complexity index is 689. The first-order valence-electron chi connectivity index (χ1n) is 7.79. The van der Waals surface area contributed by atoms with Gasteiger partial charge < -0.3 is 15.5 Å². The number of amides is 1. The van der Waals surface area contributed by atoms with E-state index in [0.717, 1.165) is 24.9 Å². The third-order valence-corrected chi connectivity index (χ3v) is 4.54. The van der Waals surface area contributed by atoms with Gasteiger partial charge in [0.15, 0.2) is 5.82 Å². The number of methoxy groups -OCH3 is 1. The van der Waals surface area contributed by atoms with Crippen LogP contribution in [0.2, 0.25) is 0 Å². The molecule has 8 heteroatoms. The zero-order chi connectivity index (χ0) is 17.5. The summed E-state index contributed by atoms with van der Waals surface area (Å²) in [6.45, 7) is 2.86. The second kappa shape index (κ2) is 8.58. The number of nitrogens with zero attached hydrogens (tertiary/aromatic N) is 4. The Morgan fingerprint density at radius 1 is 1.38 bits per heavy atom. The molecule has 1 aromatic carbocycles. The fourth-order valence-corrected chi connectivity index (χ4v) is 2.94. The predicted molar refractivity (Wildman–Crippen MR) is 95.4 cm³/mol. The summed E-state index contributed by atoms with van der Waals surface area (Å²) in [7, 11) is 3.41. The van der Waals surface area contributed by atoms with Gasteiger partial charge in [-0.15, -0.1) is 10.2 Å². The fraction of sp³-hybridized carbons (Fsp3) is 0.438. The molecule has 0 unspecified atom stereocenters. The number of aromatic nitrogens is 3. The van der Waals surface area contributed by atoms with Crippen LogP contribution in [0.25, 0.3) is 11.4 Å². The molecule has 2 N–H and O–H groups in total. The van der Waals surface area contributed by atoms with Gasteiger partial charge in [-0.3, -0.25) is 4.79 Å². The second-order valence-corrected chi connectivity index (χ2v) is 6.28. The van der Waals surface area contributed by atoms with Crippen molar-refractivity contribution in [1.82, 2.24) is 19.8 Å². The third kappa shape index (κ3) is 4.19. The SMILES string of the molecule is CCCCN(C)C(=O)CSc1nnc(-c2ccccc2OC)n1N. The van der Waals surface area contributed by atoms with Gasteiger partial charge in [-0.1, -0.05) is 37.2 Å². The number of carbonyl (C=O) groups is 1. The minimum absolute atomic E-state index is 0.0512. The molecular formula is C16H23N5O2S. The highest BCUT2D eigenvalue weighted by Gasteiger charge is 2.17. The lowest BCUT2D eigenvalue weighted by atomic mass is 10.2. The number of nitrogen functional groups attached to an aromatic ring is 1. The van der Waals surface area contributed by atoms with E-state index in [2.05, 4.69) is 17.1 Å². The largest absolute Gasteiger partial charge is 0.496 e. The highest BCUT2D eigenvalue weighted by Crippen LogP contribution is 2.29. The molecule has 0 spiro atoms. The van der Waals surface area contributed by atoms with Gasteiger partial charge in [-0.2, -0.15) is 0 Å². The van der Waals surface area contributed by atoms with Crippen LogP contribution in [0.5, 0.6) is 5.75 Å². The van der Waals surface area contributed by atoms with Crippen LogP contribution < -0.4 is 10.6 Å². The summed E-state index contributed by atoms with van der Waals surface area (Å²) in [5.41, 5.74) is 0.758. The Kier molecular flexibility index (Phi) is 6.48. The molecule has 0 radical (unpaired) electrons. The van der Waals surface area contributed by atoms with Crippen LogP contribution in [0.4, 0.5) is 0 Å². The van der Waals surface area contributed by atoms with Crippen LogP contribution in [0.15, 0.2) is 29.4 Å². The van der Waals surface area contributed by atoms with Crippen LogP contribution in [-0.2, 0) is 4.79 Å². The molecule has 0 aliphatic rings. The minimum atomic E-state index is 0.0512. The van der Waals surface area contributed by atoms with Crippen molar-refractivity contribution in [1.29, 1.82) is 0 Å². The monoisotopic (exact) mass is 349 g/mol. The first kappa shape index (κ1) is 18.1. The Morgan fingerprint density at radius 3 is 2.83 bits per heavy atom. The van der Waals surface area contributed by atoms with E-state index in [1.54, 1.807) is 12.0 Å². The first-order valence-corrected chi connectivity index (χ1v) is 8.77. The maximum absolute atomic E-state index is 12.1. The molecular weight excluding hydrogens is 326 g/mol. The van der Waals surface area contributed by atoms with E-state index in [1.807, 2.05) is 31.3 Å². The van der Waals surface area contributed by atoms with Crippen LogP contribution >= 0.6 is 11.8 Å². The molecule has 1 heterocycles. The smallest absolute Gasteiger partial charge is 0.232 e. The molecule has 130 valence electrons. The number of thioether (sulfide) groups is 1. The number of ether oxygens (including phenoxy) is 1. The molecule has 0 aliphatic heterocycles. The Labute approximate surface area is 146 Å². The second-order valence-electron chi connectivity index (χ2n) is 5.33. The fourth-order valence-electron chi connectivity index (χ4n) is 2.14. The maximum Gasteiger partial charge on any atom is 0.232 e. The van der Waals surface area contributed by atoms with E-state index < -0.39 is 0 Å². The lowest BCUT2D eigenvalue weighted by Gasteiger charge is -2.16. The lowest BCUT2D eigenvalue weighted by molar-refractivity contribution is -0.127. The zero-order valence-electron chi connectivity index (χ0n) is 14.2. The molecule has 0 bridgehead atoms. The third-order valence-electron chi connectivity index (χ3n) is 3.61. The summed E-state index contributed by atoms with van der Waals surface area (Å²) >= 11 is 1.28. The number of rotatable bonds is 8. The van der Waals surface area contributed by atoms with E-state index in [0.29, 0.717) is 16.7 Å². The predicted octanol–water partition coefficient (Wildman–Crippen LogP) is 2.02. The summed E-state index contributed by atoms with van der Waals surface area (Å²) in [6, 6.07) is 7.46. The highest BCUT2D eigenvalue weighted by molar-refractivity contribution is 7.99. The van der Waals surface area contributed by atoms with Crippen molar-refractivity contribution in [3.63, 3.8) is 0 Å². The minimum Gasteiger partial charge on any atom is -0.496 e. The van der Waals surface area contributed by atoms with Crippen LogP contribution in [0.1, 0.15) is 19.8 Å². The van der Waals surface area contributed by atoms with Crippen molar-refractivity contribution in [3.05, 3.63) is 24.3 Å². The molecule has 24 heavy (non-hydrogen) atoms. The number of hydrogen-bond acceptors (Lipinski definition) is 6. The lowest BCUT2D eigenvalue weighted by Crippen LogP contribution is -2.29. The van der Waals surface area contributed by atoms with Crippen LogP contribution in [0, 0.1) is 0 Å². The quantitative estimate of drug-likeness (QED) is 0.579. The molecule has 0 saturated heterocycles. The number of nitrogens with two attached hydrogens (primary N) is 1. The van der Waals surface area contributed by atoms with E-state index in [-0.39, 0.29) is 11.7 Å². The van der Waals surface area contributed by atoms with E-state index in [1.165, 1.54) is 16.4 Å². The first-order chi connectivity index (χ1) is 11.6. The highest BCUT2D eigenvalue weighted by atomic mass is 32.2. The Morgan fingerprint density at radius 2 is 2.12 bits per heavy atom. The van der Waals surface area contributed by atoms with Crippen LogP contribution in [0.3, 0.4) is 0 Å². The molecule has 0 saturated carbocycles. The molecule has 1 amide bonds. The van der Waals surface area contributed by atoms with Crippen LogP contribution in [-0.4, -0.2) is 52.1 Å². The average molecular weight is 349 g/mol. The topological polar surface area (TPSA) is 86.3 Å². The number of hydrogen-bond donors (Lipinski definition) is 1. The average Bonchev–Trinajstić information content (AvgIpc) is 2.97. The summed E-state index contributed by atoms with van der Waals surface area (Å²) in [6.07, 6.45) is 2.06. The van der Waals surface area contributed by atoms with Crippen molar-refractivity contribution >= 4 is 17.7 Å². The summed E-state index contributed by atoms with van der Waals surface area (Å²) < 4.78 is 6.72. The van der Waals surface area contributed by atoms with Crippen molar-refractivity contribution in [3.8, 4) is 17.1 Å². The van der Waals surface area contributed by atoms with Gasteiger partial charge in [0.1, 0.15) is 5.75 Å². The van der Waals surface area contributed by atoms with E-state index in [4.69, 9.17) is 10.6 Å². The molecule has 0 aliphatic carbocycles. The number of unbranched alkanes of at least 4 members (excludes halogenated alkanes) is 1. The zero-order valence-corrected chi connectivity index (χ0v) is 15.0. The van der Waals surface area contributed by atoms with Gasteiger partial charge >= 0.3 is 0 Å². The summed E-state index contributed by atoms with van der Waals surface area (Å²) in [4.78, 5) is 13.8. The van der Waals surface area contributed by atoms with Gasteiger partial charge in [-0.25, -0.2) is 4.68 Å². The standard InChI is InChI=1S/C16H23N5O2S/c1-4-5-10-20(2)14(22)11-24-16-19-18-15(21(16)17)12-8-6-7-9-13(12)23-3/h6-9H,4-5,10-11,17H2,1-3H3. The van der Waals surface area contributed by atoms with E-state index in [9.17, 15) is 4.79 Å². The summed E-state index contributed by atoms with van der Waals surface area (Å²) in [5, 5.41) is 8.71. The summed E-state index contributed by atoms with van der Waals surface area (Å²) in [5.74, 6) is 7.59. The Hall–Kier alpha value is -2.22. The normalized spacial score (nSPS) is 10.6. The maximum atomic E-state index is 12.1.